The van der Waals surface area contributed by atoms with Crippen LogP contribution in [0.4, 0.5) is 0 Å². The zero-order chi connectivity index (χ0) is 15.4. The van der Waals surface area contributed by atoms with Crippen LogP contribution in [0.25, 0.3) is 0 Å². The van der Waals surface area contributed by atoms with Crippen molar-refractivity contribution >= 4 is 23.2 Å². The van der Waals surface area contributed by atoms with Crippen LogP contribution in [-0.2, 0) is 16.1 Å². The number of carboxylic acid groups (broad SMARTS) is 1. The fraction of sp³-hybridized carbons (Fsp3) is 0.214. The van der Waals surface area contributed by atoms with Crippen LogP contribution >= 0.6 is 11.3 Å². The number of thiazole rings is 1. The molecular weight excluding hydrogens is 292 g/mol. The van der Waals surface area contributed by atoms with Gasteiger partial charge in [0.15, 0.2) is 6.04 Å². The van der Waals surface area contributed by atoms with Crippen LogP contribution in [0.5, 0.6) is 0 Å². The van der Waals surface area contributed by atoms with E-state index in [1.165, 1.54) is 4.57 Å². The van der Waals surface area contributed by atoms with Gasteiger partial charge in [0.05, 0.1) is 0 Å². The normalized spacial score (nSPS) is 11.9. The lowest BCUT2D eigenvalue weighted by atomic mass is 10.1. The number of aryl methyl sites for hydroxylation is 1. The standard InChI is InChI=1S/C14H14N2O4S/c1-9-8-21-14(20)16(9)7-11(17)15-12(13(18)19)10-5-3-2-4-6-10/h2-6,8,12H,7H2,1H3,(H,15,17)(H,18,19)/t12-/m1/s1. The highest BCUT2D eigenvalue weighted by Crippen LogP contribution is 2.12. The van der Waals surface area contributed by atoms with Crippen LogP contribution in [0.2, 0.25) is 0 Å². The van der Waals surface area contributed by atoms with E-state index in [1.807, 2.05) is 0 Å². The van der Waals surface area contributed by atoms with Crippen LogP contribution < -0.4 is 10.2 Å². The van der Waals surface area contributed by atoms with Crippen LogP contribution in [0.1, 0.15) is 17.3 Å². The summed E-state index contributed by atoms with van der Waals surface area (Å²) in [6, 6.07) is 7.28. The van der Waals surface area contributed by atoms with Gasteiger partial charge in [-0.05, 0) is 12.5 Å². The number of carbonyl (C=O) groups excluding carboxylic acids is 1. The molecule has 110 valence electrons. The van der Waals surface area contributed by atoms with Crippen molar-refractivity contribution in [1.29, 1.82) is 0 Å². The van der Waals surface area contributed by atoms with Crippen LogP contribution in [-0.4, -0.2) is 21.6 Å². The number of rotatable bonds is 5. The minimum atomic E-state index is -1.15. The molecule has 0 saturated heterocycles. The van der Waals surface area contributed by atoms with E-state index in [2.05, 4.69) is 5.32 Å². The second-order valence-electron chi connectivity index (χ2n) is 4.48. The molecule has 1 amide bonds. The number of nitrogens with one attached hydrogen (secondary N) is 1. The summed E-state index contributed by atoms with van der Waals surface area (Å²) >= 11 is 1.01. The van der Waals surface area contributed by atoms with Gasteiger partial charge in [-0.25, -0.2) is 4.79 Å². The minimum Gasteiger partial charge on any atom is -0.479 e. The Morgan fingerprint density at radius 1 is 1.33 bits per heavy atom. The van der Waals surface area contributed by atoms with E-state index in [-0.39, 0.29) is 11.4 Å². The second-order valence-corrected chi connectivity index (χ2v) is 5.30. The first kappa shape index (κ1) is 15.0. The molecule has 0 spiro atoms. The summed E-state index contributed by atoms with van der Waals surface area (Å²) < 4.78 is 1.31. The lowest BCUT2D eigenvalue weighted by Gasteiger charge is -2.15. The third-order valence-electron chi connectivity index (χ3n) is 2.96. The van der Waals surface area contributed by atoms with Crippen LogP contribution in [0.15, 0.2) is 40.5 Å². The zero-order valence-corrected chi connectivity index (χ0v) is 12.1. The molecule has 0 aliphatic carbocycles. The highest BCUT2D eigenvalue weighted by atomic mass is 32.1. The Bertz CT molecular complexity index is 705. The first-order valence-electron chi connectivity index (χ1n) is 6.21. The van der Waals surface area contributed by atoms with Crippen molar-refractivity contribution < 1.29 is 14.7 Å². The quantitative estimate of drug-likeness (QED) is 0.867. The maximum absolute atomic E-state index is 12.0. The Labute approximate surface area is 124 Å². The summed E-state index contributed by atoms with van der Waals surface area (Å²) in [5.41, 5.74) is 1.15. The number of nitrogens with zero attached hydrogens (tertiary/aromatic N) is 1. The monoisotopic (exact) mass is 306 g/mol. The van der Waals surface area contributed by atoms with Crippen molar-refractivity contribution in [3.05, 3.63) is 56.6 Å². The largest absolute Gasteiger partial charge is 0.479 e. The summed E-state index contributed by atoms with van der Waals surface area (Å²) in [5, 5.41) is 13.3. The number of carbonyl (C=O) groups is 2. The molecule has 2 aromatic rings. The average molecular weight is 306 g/mol. The van der Waals surface area contributed by atoms with Gasteiger partial charge in [-0.3, -0.25) is 14.2 Å². The molecular formula is C14H14N2O4S. The molecule has 0 aliphatic rings. The molecule has 2 rings (SSSR count). The molecule has 2 N–H and O–H groups in total. The molecule has 1 heterocycles. The van der Waals surface area contributed by atoms with Crippen LogP contribution in [0, 0.1) is 6.92 Å². The SMILES string of the molecule is Cc1csc(=O)n1CC(=O)N[C@@H](C(=O)O)c1ccccc1. The molecule has 0 bridgehead atoms. The van der Waals surface area contributed by atoms with Crippen molar-refractivity contribution in [1.82, 2.24) is 9.88 Å². The lowest BCUT2D eigenvalue weighted by Crippen LogP contribution is -2.37. The predicted octanol–water partition coefficient (Wildman–Crippen LogP) is 1.16. The lowest BCUT2D eigenvalue weighted by molar-refractivity contribution is -0.142. The zero-order valence-electron chi connectivity index (χ0n) is 11.3. The van der Waals surface area contributed by atoms with Crippen molar-refractivity contribution in [2.45, 2.75) is 19.5 Å². The summed E-state index contributed by atoms with van der Waals surface area (Å²) in [6.07, 6.45) is 0. The highest BCUT2D eigenvalue weighted by Gasteiger charge is 2.22. The van der Waals surface area contributed by atoms with E-state index in [0.717, 1.165) is 11.3 Å². The van der Waals surface area contributed by atoms with Gasteiger partial charge in [0.1, 0.15) is 6.54 Å². The molecule has 0 aliphatic heterocycles. The van der Waals surface area contributed by atoms with Crippen molar-refractivity contribution in [3.8, 4) is 0 Å². The molecule has 0 radical (unpaired) electrons. The third kappa shape index (κ3) is 3.57. The molecule has 0 unspecified atom stereocenters. The van der Waals surface area contributed by atoms with Gasteiger partial charge in [0.25, 0.3) is 0 Å². The Balaban J connectivity index is 2.13. The average Bonchev–Trinajstić information content (AvgIpc) is 2.77. The Hall–Kier alpha value is -2.41. The molecule has 1 atom stereocenters. The molecule has 6 nitrogen and oxygen atoms in total. The Morgan fingerprint density at radius 2 is 2.00 bits per heavy atom. The minimum absolute atomic E-state index is 0.190. The van der Waals surface area contributed by atoms with E-state index in [9.17, 15) is 19.5 Å². The molecule has 7 heteroatoms. The van der Waals surface area contributed by atoms with Gasteiger partial charge in [-0.15, -0.1) is 0 Å². The number of aromatic nitrogens is 1. The first-order valence-corrected chi connectivity index (χ1v) is 7.09. The smallest absolute Gasteiger partial charge is 0.330 e. The van der Waals surface area contributed by atoms with Gasteiger partial charge in [0, 0.05) is 11.1 Å². The van der Waals surface area contributed by atoms with E-state index in [4.69, 9.17) is 0 Å². The van der Waals surface area contributed by atoms with Crippen LogP contribution in [0.3, 0.4) is 0 Å². The van der Waals surface area contributed by atoms with Gasteiger partial charge in [-0.1, -0.05) is 41.7 Å². The summed E-state index contributed by atoms with van der Waals surface area (Å²) in [4.78, 5) is 34.6. The Morgan fingerprint density at radius 3 is 2.52 bits per heavy atom. The molecule has 1 aromatic heterocycles. The van der Waals surface area contributed by atoms with Gasteiger partial charge < -0.3 is 10.4 Å². The molecule has 1 aromatic carbocycles. The molecule has 0 fully saturated rings. The number of hydrogen-bond acceptors (Lipinski definition) is 4. The van der Waals surface area contributed by atoms with Gasteiger partial charge >= 0.3 is 10.8 Å². The number of hydrogen-bond donors (Lipinski definition) is 2. The molecule has 0 saturated carbocycles. The Kier molecular flexibility index (Phi) is 4.54. The predicted molar refractivity (Wildman–Crippen MR) is 78.3 cm³/mol. The third-order valence-corrected chi connectivity index (χ3v) is 3.84. The van der Waals surface area contributed by atoms with Gasteiger partial charge in [-0.2, -0.15) is 0 Å². The van der Waals surface area contributed by atoms with E-state index in [0.29, 0.717) is 11.3 Å². The van der Waals surface area contributed by atoms with E-state index >= 15 is 0 Å². The van der Waals surface area contributed by atoms with Gasteiger partial charge in [0.2, 0.25) is 5.91 Å². The number of carboxylic acids is 1. The summed E-state index contributed by atoms with van der Waals surface area (Å²) in [6.45, 7) is 1.53. The van der Waals surface area contributed by atoms with E-state index < -0.39 is 17.9 Å². The number of amides is 1. The first-order chi connectivity index (χ1) is 9.99. The number of aliphatic carboxylic acids is 1. The van der Waals surface area contributed by atoms with Crippen molar-refractivity contribution in [2.24, 2.45) is 0 Å². The summed E-state index contributed by atoms with van der Waals surface area (Å²) in [7, 11) is 0. The van der Waals surface area contributed by atoms with E-state index in [1.54, 1.807) is 42.6 Å². The maximum atomic E-state index is 12.0. The topological polar surface area (TPSA) is 88.4 Å². The second kappa shape index (κ2) is 6.36. The molecule has 21 heavy (non-hydrogen) atoms. The van der Waals surface area contributed by atoms with Crippen molar-refractivity contribution in [3.63, 3.8) is 0 Å². The summed E-state index contributed by atoms with van der Waals surface area (Å²) in [5.74, 6) is -1.67. The van der Waals surface area contributed by atoms with Crippen molar-refractivity contribution in [2.75, 3.05) is 0 Å². The highest BCUT2D eigenvalue weighted by molar-refractivity contribution is 7.07. The number of benzene rings is 1. The fourth-order valence-electron chi connectivity index (χ4n) is 1.88. The maximum Gasteiger partial charge on any atom is 0.330 e. The fourth-order valence-corrected chi connectivity index (χ4v) is 2.61.